The van der Waals surface area contributed by atoms with Crippen LogP contribution in [-0.4, -0.2) is 50.6 Å². The molecule has 3 rings (SSSR count). The van der Waals surface area contributed by atoms with Crippen LogP contribution in [0, 0.1) is 0 Å². The maximum atomic E-state index is 12.4. The van der Waals surface area contributed by atoms with E-state index in [1.165, 1.54) is 168 Å². The Labute approximate surface area is 344 Å². The van der Waals surface area contributed by atoms with Crippen LogP contribution in [0.15, 0.2) is 36.4 Å². The largest absolute Gasteiger partial charge is 0.502 e. The minimum Gasteiger partial charge on any atom is -0.502 e. The molecular formula is C48H74O9. The van der Waals surface area contributed by atoms with Gasteiger partial charge in [-0.1, -0.05) is 161 Å². The van der Waals surface area contributed by atoms with E-state index in [9.17, 15) is 14.7 Å². The van der Waals surface area contributed by atoms with Gasteiger partial charge in [-0.05, 0) is 42.3 Å². The van der Waals surface area contributed by atoms with Crippen molar-refractivity contribution < 1.29 is 43.1 Å². The zero-order chi connectivity index (χ0) is 40.9. The molecule has 9 nitrogen and oxygen atoms in total. The van der Waals surface area contributed by atoms with Gasteiger partial charge in [0.1, 0.15) is 6.61 Å². The minimum atomic E-state index is -0.724. The number of hydrogen-bond donors (Lipinski definition) is 1. The molecule has 1 aliphatic rings. The monoisotopic (exact) mass is 795 g/mol. The van der Waals surface area contributed by atoms with Crippen molar-refractivity contribution >= 4 is 18.0 Å². The lowest BCUT2D eigenvalue weighted by molar-refractivity contribution is -0.146. The van der Waals surface area contributed by atoms with Crippen molar-refractivity contribution in [2.75, 3.05) is 27.4 Å². The maximum absolute atomic E-state index is 12.4. The van der Waals surface area contributed by atoms with Gasteiger partial charge in [0.2, 0.25) is 5.75 Å². The van der Waals surface area contributed by atoms with Gasteiger partial charge in [0.25, 0.3) is 0 Å². The third kappa shape index (κ3) is 19.4. The molecule has 320 valence electrons. The number of ether oxygens (including phenoxy) is 6. The summed E-state index contributed by atoms with van der Waals surface area (Å²) in [5.74, 6) is 0.339. The van der Waals surface area contributed by atoms with E-state index in [2.05, 4.69) is 6.92 Å². The summed E-state index contributed by atoms with van der Waals surface area (Å²) in [6, 6.07) is 8.57. The molecule has 0 amide bonds. The van der Waals surface area contributed by atoms with Crippen molar-refractivity contribution in [2.45, 2.75) is 180 Å². The summed E-state index contributed by atoms with van der Waals surface area (Å²) < 4.78 is 34.0. The number of fused-ring (bicyclic) bond motifs is 1. The number of methoxy groups -OCH3 is 2. The second-order valence-electron chi connectivity index (χ2n) is 15.6. The molecule has 0 saturated heterocycles. The fourth-order valence-corrected chi connectivity index (χ4v) is 7.39. The van der Waals surface area contributed by atoms with E-state index in [1.807, 2.05) is 6.07 Å². The molecule has 0 fully saturated rings. The Morgan fingerprint density at radius 2 is 1.11 bits per heavy atom. The molecule has 0 unspecified atom stereocenters. The second kappa shape index (κ2) is 29.4. The highest BCUT2D eigenvalue weighted by Gasteiger charge is 2.35. The number of carbonyl (C=O) groups excluding carboxylic acids is 2. The lowest BCUT2D eigenvalue weighted by Gasteiger charge is -2.34. The summed E-state index contributed by atoms with van der Waals surface area (Å²) in [5, 5.41) is 10.4. The van der Waals surface area contributed by atoms with Crippen LogP contribution in [0.1, 0.15) is 185 Å². The van der Waals surface area contributed by atoms with Crippen LogP contribution < -0.4 is 18.9 Å². The highest BCUT2D eigenvalue weighted by molar-refractivity contribution is 5.87. The van der Waals surface area contributed by atoms with Crippen molar-refractivity contribution in [1.29, 1.82) is 0 Å². The Balaban J connectivity index is 1.22. The van der Waals surface area contributed by atoms with Crippen molar-refractivity contribution in [3.63, 3.8) is 0 Å². The molecule has 2 atom stereocenters. The van der Waals surface area contributed by atoms with Crippen molar-refractivity contribution in [1.82, 2.24) is 0 Å². The standard InChI is InChI=1S/C48H74O9/c1-5-6-7-8-9-10-11-12-13-14-15-16-17-18-19-20-21-22-23-24-25-26-27-28-33-54-46(50)32-30-39-29-31-41-42(34-39)57-48(45(56-41)37-55-38(2)49)40-35-43(52-3)47(51)44(36-40)53-4/h29-32,34-36,45,48,51H,5-28,33,37H2,1-4H3/t45-,48-/m1/s1. The Bertz CT molecular complexity index is 1410. The van der Waals surface area contributed by atoms with Gasteiger partial charge in [0, 0.05) is 18.6 Å². The van der Waals surface area contributed by atoms with Crippen molar-refractivity contribution in [3.8, 4) is 28.7 Å². The average Bonchev–Trinajstić information content (AvgIpc) is 3.21. The topological polar surface area (TPSA) is 110 Å². The third-order valence-corrected chi connectivity index (χ3v) is 10.8. The average molecular weight is 795 g/mol. The normalized spacial score (nSPS) is 14.8. The molecule has 1 heterocycles. The van der Waals surface area contributed by atoms with E-state index in [-0.39, 0.29) is 29.8 Å². The Morgan fingerprint density at radius 1 is 0.632 bits per heavy atom. The summed E-state index contributed by atoms with van der Waals surface area (Å²) in [7, 11) is 2.88. The lowest BCUT2D eigenvalue weighted by atomic mass is 10.0. The molecule has 0 radical (unpaired) electrons. The van der Waals surface area contributed by atoms with Crippen molar-refractivity contribution in [3.05, 3.63) is 47.5 Å². The summed E-state index contributed by atoms with van der Waals surface area (Å²) in [4.78, 5) is 24.0. The number of phenols is 1. The first-order valence-corrected chi connectivity index (χ1v) is 22.3. The fourth-order valence-electron chi connectivity index (χ4n) is 7.39. The predicted molar refractivity (Wildman–Crippen MR) is 229 cm³/mol. The summed E-state index contributed by atoms with van der Waals surface area (Å²) >= 11 is 0. The Kier molecular flexibility index (Phi) is 24.5. The van der Waals surface area contributed by atoms with E-state index in [0.717, 1.165) is 18.4 Å². The SMILES string of the molecule is CCCCCCCCCCCCCCCCCCCCCCCCCCOC(=O)C=Cc1ccc2c(c1)O[C@H](c1cc(OC)c(O)c(OC)c1)[C@@H](COC(C)=O)O2. The number of aromatic hydroxyl groups is 1. The fraction of sp³-hybridized carbons (Fsp3) is 0.667. The molecule has 2 aromatic carbocycles. The number of unbranched alkanes of at least 4 members (excludes halogenated alkanes) is 23. The number of phenolic OH excluding ortho intramolecular Hbond substituents is 1. The molecule has 2 aromatic rings. The van der Waals surface area contributed by atoms with E-state index in [0.29, 0.717) is 23.7 Å². The van der Waals surface area contributed by atoms with Gasteiger partial charge in [-0.3, -0.25) is 4.79 Å². The van der Waals surface area contributed by atoms with Crippen LogP contribution in [0.2, 0.25) is 0 Å². The van der Waals surface area contributed by atoms with Crippen LogP contribution in [0.5, 0.6) is 28.7 Å². The summed E-state index contributed by atoms with van der Waals surface area (Å²) in [6.07, 6.45) is 34.2. The number of benzene rings is 2. The zero-order valence-electron chi connectivity index (χ0n) is 35.8. The van der Waals surface area contributed by atoms with Gasteiger partial charge in [0.15, 0.2) is 35.2 Å². The molecular weight excluding hydrogens is 721 g/mol. The molecule has 0 aliphatic carbocycles. The first-order valence-electron chi connectivity index (χ1n) is 22.3. The Hall–Kier alpha value is -3.88. The van der Waals surface area contributed by atoms with E-state index >= 15 is 0 Å². The van der Waals surface area contributed by atoms with Gasteiger partial charge < -0.3 is 33.5 Å². The first-order chi connectivity index (χ1) is 27.9. The van der Waals surface area contributed by atoms with E-state index in [4.69, 9.17) is 28.4 Å². The van der Waals surface area contributed by atoms with Crippen molar-refractivity contribution in [2.24, 2.45) is 0 Å². The smallest absolute Gasteiger partial charge is 0.330 e. The van der Waals surface area contributed by atoms with E-state index < -0.39 is 18.2 Å². The zero-order valence-corrected chi connectivity index (χ0v) is 35.8. The first kappa shape index (κ1) is 47.5. The molecule has 0 bridgehead atoms. The molecule has 0 saturated carbocycles. The molecule has 9 heteroatoms. The van der Waals surface area contributed by atoms with Crippen LogP contribution in [0.3, 0.4) is 0 Å². The van der Waals surface area contributed by atoms with Crippen LogP contribution in [-0.2, 0) is 19.1 Å². The van der Waals surface area contributed by atoms with Crippen LogP contribution >= 0.6 is 0 Å². The summed E-state index contributed by atoms with van der Waals surface area (Å²) in [6.45, 7) is 3.97. The molecule has 0 aromatic heterocycles. The van der Waals surface area contributed by atoms with Crippen LogP contribution in [0.4, 0.5) is 0 Å². The molecule has 1 N–H and O–H groups in total. The third-order valence-electron chi connectivity index (χ3n) is 10.8. The maximum Gasteiger partial charge on any atom is 0.330 e. The van der Waals surface area contributed by atoms with Gasteiger partial charge in [-0.2, -0.15) is 0 Å². The molecule has 57 heavy (non-hydrogen) atoms. The van der Waals surface area contributed by atoms with Gasteiger partial charge in [-0.25, -0.2) is 4.79 Å². The highest BCUT2D eigenvalue weighted by atomic mass is 16.6. The number of esters is 2. The number of rotatable bonds is 32. The quantitative estimate of drug-likeness (QED) is 0.0440. The highest BCUT2D eigenvalue weighted by Crippen LogP contribution is 2.44. The minimum absolute atomic E-state index is 0.0575. The summed E-state index contributed by atoms with van der Waals surface area (Å²) in [5.41, 5.74) is 1.32. The molecule has 0 spiro atoms. The predicted octanol–water partition coefficient (Wildman–Crippen LogP) is 12.8. The number of carbonyl (C=O) groups is 2. The van der Waals surface area contributed by atoms with Crippen LogP contribution in [0.25, 0.3) is 6.08 Å². The van der Waals surface area contributed by atoms with E-state index in [1.54, 1.807) is 30.3 Å². The van der Waals surface area contributed by atoms with Gasteiger partial charge >= 0.3 is 11.9 Å². The van der Waals surface area contributed by atoms with Gasteiger partial charge in [-0.15, -0.1) is 0 Å². The Morgan fingerprint density at radius 3 is 1.56 bits per heavy atom. The second-order valence-corrected chi connectivity index (χ2v) is 15.6. The van der Waals surface area contributed by atoms with Gasteiger partial charge in [0.05, 0.1) is 20.8 Å². The molecule has 1 aliphatic heterocycles. The number of hydrogen-bond acceptors (Lipinski definition) is 9. The lowest BCUT2D eigenvalue weighted by Crippen LogP contribution is -2.37.